The smallest absolute Gasteiger partial charge is 0 e. The van der Waals surface area contributed by atoms with E-state index < -0.39 is 0 Å². The molecule has 0 bridgehead atoms. The molecule has 4 heteroatoms. The van der Waals surface area contributed by atoms with Crippen molar-refractivity contribution in [1.82, 2.24) is 0 Å². The van der Waals surface area contributed by atoms with Crippen LogP contribution in [0.1, 0.15) is 0 Å². The molecule has 0 atom stereocenters. The molecule has 0 saturated carbocycles. The molecule has 0 aromatic carbocycles. The van der Waals surface area contributed by atoms with E-state index in [1.165, 1.54) is 0 Å². The van der Waals surface area contributed by atoms with Gasteiger partial charge >= 0.3 is 46.1 Å². The molecule has 1 nitrogen and oxygen atoms in total. The van der Waals surface area contributed by atoms with Gasteiger partial charge in [0.25, 0.3) is 0 Å². The van der Waals surface area contributed by atoms with Crippen LogP contribution >= 0.6 is 0 Å². The number of hydrogen-bond acceptors (Lipinski definition) is 1. The van der Waals surface area contributed by atoms with Crippen LogP contribution in [0.5, 0.6) is 0 Å². The minimum Gasteiger partial charge on any atom is 0 e. The van der Waals surface area contributed by atoms with Crippen molar-refractivity contribution < 1.29 is 48.9 Å². The third-order valence-corrected chi connectivity index (χ3v) is 0. The summed E-state index contributed by atoms with van der Waals surface area (Å²) < 4.78 is 8.31. The van der Waals surface area contributed by atoms with Gasteiger partial charge in [-0.05, 0) is 0 Å². The van der Waals surface area contributed by atoms with Crippen LogP contribution in [0.15, 0.2) is 0 Å². The van der Waals surface area contributed by atoms with Crippen LogP contribution < -0.4 is 0 Å². The maximum Gasteiger partial charge on any atom is 0 e. The normalized spacial score (nSPS) is 1.50. The third-order valence-electron chi connectivity index (χ3n) is 0. The maximum atomic E-state index is 8.31. The van der Waals surface area contributed by atoms with E-state index in [-0.39, 0.29) is 40.6 Å². The van der Waals surface area contributed by atoms with Gasteiger partial charge in [-0.15, -0.1) is 0 Å². The molecule has 0 aromatic rings. The van der Waals surface area contributed by atoms with E-state index in [4.69, 9.17) is 2.85 Å². The molecule has 0 N–H and O–H groups in total. The van der Waals surface area contributed by atoms with Crippen molar-refractivity contribution in [2.75, 3.05) is 0 Å². The second kappa shape index (κ2) is 20.1. The van der Waals surface area contributed by atoms with Crippen LogP contribution in [-0.2, 0) is 48.9 Å². The first kappa shape index (κ1) is 16.7. The van der Waals surface area contributed by atoms with E-state index >= 15 is 0 Å². The Labute approximate surface area is 67.0 Å². The molecular weight excluding hydrogens is 116 g/mol. The second-order valence-corrected chi connectivity index (χ2v) is 0. The molecule has 0 aliphatic rings. The van der Waals surface area contributed by atoms with Gasteiger partial charge in [0.1, 0.15) is 0 Å². The van der Waals surface area contributed by atoms with Crippen LogP contribution in [0.3, 0.4) is 0 Å². The maximum absolute atomic E-state index is 8.31. The molecule has 0 rings (SSSR count). The fourth-order valence-corrected chi connectivity index (χ4v) is 0. The Morgan fingerprint density at radius 2 is 1.25 bits per heavy atom. The minimum atomic E-state index is 0. The van der Waals surface area contributed by atoms with E-state index in [0.29, 0.717) is 24.4 Å². The van der Waals surface area contributed by atoms with Gasteiger partial charge < -0.3 is 0 Å². The Hall–Kier alpha value is 1.98. The molecule has 0 unspecified atom stereocenters. The topological polar surface area (TPSA) is 17.1 Å². The first-order valence-corrected chi connectivity index (χ1v) is 0.972. The zero-order valence-electron chi connectivity index (χ0n) is 1.49. The van der Waals surface area contributed by atoms with Crippen molar-refractivity contribution >= 4 is 18.9 Å². The van der Waals surface area contributed by atoms with Crippen molar-refractivity contribution in [3.63, 3.8) is 0 Å². The first-order valence-electron chi connectivity index (χ1n) is 0.236. The van der Waals surface area contributed by atoms with E-state index in [1.807, 2.05) is 0 Å². The second-order valence-electron chi connectivity index (χ2n) is 0. The Kier molecular flexibility index (Phi) is 83.9. The van der Waals surface area contributed by atoms with E-state index in [0.717, 1.165) is 0 Å². The fraction of sp³-hybridized carbons (Fsp3) is 0. The Balaban J connectivity index is -0.00000000500. The van der Waals surface area contributed by atoms with Gasteiger partial charge in [0.2, 0.25) is 0 Å². The van der Waals surface area contributed by atoms with Crippen molar-refractivity contribution in [2.24, 2.45) is 0 Å². The van der Waals surface area contributed by atoms with Gasteiger partial charge in [-0.1, -0.05) is 0 Å². The van der Waals surface area contributed by atoms with Crippen molar-refractivity contribution in [3.8, 4) is 0 Å². The Morgan fingerprint density at radius 1 is 1.25 bits per heavy atom. The number of hydrogen-bond donors (Lipinski definition) is 0. The van der Waals surface area contributed by atoms with Crippen LogP contribution in [0.2, 0.25) is 0 Å². The summed E-state index contributed by atoms with van der Waals surface area (Å²) >= 11 is 0.438. The summed E-state index contributed by atoms with van der Waals surface area (Å²) in [7, 11) is 0. The average molecular weight is 117 g/mol. The van der Waals surface area contributed by atoms with Gasteiger partial charge in [-0.3, -0.25) is 0 Å². The molecule has 0 spiro atoms. The summed E-state index contributed by atoms with van der Waals surface area (Å²) in [5.41, 5.74) is 0. The molecule has 0 saturated heterocycles. The monoisotopic (exact) mass is 117 g/mol. The van der Waals surface area contributed by atoms with Gasteiger partial charge in [-0.2, -0.15) is 0 Å². The zero-order chi connectivity index (χ0) is 2.00. The quantitative estimate of drug-likeness (QED) is 0.380. The molecule has 4 heavy (non-hydrogen) atoms. The van der Waals surface area contributed by atoms with Crippen LogP contribution in [0, 0.1) is 0 Å². The molecule has 0 aliphatic carbocycles. The first-order chi connectivity index (χ1) is 1.00. The van der Waals surface area contributed by atoms with Crippen LogP contribution in [0.4, 0.5) is 0 Å². The van der Waals surface area contributed by atoms with E-state index in [2.05, 4.69) is 0 Å². The fourth-order valence-electron chi connectivity index (χ4n) is 0. The third kappa shape index (κ3) is 9.01. The van der Waals surface area contributed by atoms with Crippen molar-refractivity contribution in [1.29, 1.82) is 0 Å². The molecule has 0 heterocycles. The van der Waals surface area contributed by atoms with Crippen molar-refractivity contribution in [3.05, 3.63) is 0 Å². The minimum absolute atomic E-state index is 0. The van der Waals surface area contributed by atoms with E-state index in [9.17, 15) is 0 Å². The van der Waals surface area contributed by atoms with E-state index in [1.54, 1.807) is 0 Å². The molecule has 0 aliphatic heterocycles. The molecular formula is HLiOScTi. The SMILES string of the molecule is [LiH].[O]=[Sc].[Ti]. The van der Waals surface area contributed by atoms with Crippen molar-refractivity contribution in [2.45, 2.75) is 0 Å². The zero-order valence-corrected chi connectivity index (χ0v) is 4.85. The summed E-state index contributed by atoms with van der Waals surface area (Å²) in [6.07, 6.45) is 0. The average Bonchev–Trinajstić information content (AvgIpc) is 1.00. The Bertz CT molecular complexity index is 8.00. The van der Waals surface area contributed by atoms with Gasteiger partial charge in [0.15, 0.2) is 0 Å². The summed E-state index contributed by atoms with van der Waals surface area (Å²) in [4.78, 5) is 0. The summed E-state index contributed by atoms with van der Waals surface area (Å²) in [5, 5.41) is 0. The Morgan fingerprint density at radius 3 is 1.25 bits per heavy atom. The number of rotatable bonds is 0. The van der Waals surface area contributed by atoms with Gasteiger partial charge in [0.05, 0.1) is 0 Å². The predicted octanol–water partition coefficient (Wildman–Crippen LogP) is -0.772. The van der Waals surface area contributed by atoms with Gasteiger partial charge in [0, 0.05) is 21.7 Å². The largest absolute Gasteiger partial charge is 0 e. The molecule has 0 aromatic heterocycles. The summed E-state index contributed by atoms with van der Waals surface area (Å²) in [6, 6.07) is 0. The van der Waals surface area contributed by atoms with Crippen LogP contribution in [-0.4, -0.2) is 18.9 Å². The van der Waals surface area contributed by atoms with Gasteiger partial charge in [-0.25, -0.2) is 0 Å². The summed E-state index contributed by atoms with van der Waals surface area (Å²) in [6.45, 7) is 0. The molecule has 0 fully saturated rings. The predicted molar refractivity (Wildman–Crippen MR) is 7.84 cm³/mol. The van der Waals surface area contributed by atoms with Crippen LogP contribution in [0.25, 0.3) is 0 Å². The molecule has 15 valence electrons. The molecule has 0 radical (unpaired) electrons. The standard InChI is InChI=1S/Li.O.Sc.Ti.H. The summed E-state index contributed by atoms with van der Waals surface area (Å²) in [5.74, 6) is 0. The molecule has 0 amide bonds.